The molecule has 2 fully saturated rings. The molecule has 5 heteroatoms. The molecule has 2 saturated carbocycles. The number of halogens is 5. The van der Waals surface area contributed by atoms with Gasteiger partial charge in [-0.3, -0.25) is 0 Å². The van der Waals surface area contributed by atoms with Crippen LogP contribution in [0.25, 0.3) is 0 Å². The fourth-order valence-corrected chi connectivity index (χ4v) is 5.90. The Morgan fingerprint density at radius 1 is 0.697 bits per heavy atom. The normalized spacial score (nSPS) is 25.7. The SMILES string of the molecule is C=CC1CCC(C2CCC(c3ccc(CCc4cc(F)c(F)c(F)c4)c(F)c3F)CC2)CC1. The van der Waals surface area contributed by atoms with Crippen molar-refractivity contribution in [2.24, 2.45) is 17.8 Å². The lowest BCUT2D eigenvalue weighted by molar-refractivity contribution is 0.170. The third kappa shape index (κ3) is 5.33. The zero-order chi connectivity index (χ0) is 23.5. The van der Waals surface area contributed by atoms with Crippen molar-refractivity contribution in [2.45, 2.75) is 70.1 Å². The minimum Gasteiger partial charge on any atom is -0.204 e. The topological polar surface area (TPSA) is 0 Å². The molecule has 0 bridgehead atoms. The maximum atomic E-state index is 14.9. The van der Waals surface area contributed by atoms with Gasteiger partial charge in [-0.15, -0.1) is 6.58 Å². The van der Waals surface area contributed by atoms with Gasteiger partial charge in [0.15, 0.2) is 29.1 Å². The molecule has 0 saturated heterocycles. The Labute approximate surface area is 192 Å². The number of hydrogen-bond acceptors (Lipinski definition) is 0. The number of hydrogen-bond donors (Lipinski definition) is 0. The van der Waals surface area contributed by atoms with Crippen LogP contribution in [0.2, 0.25) is 0 Å². The van der Waals surface area contributed by atoms with Crippen LogP contribution in [0.5, 0.6) is 0 Å². The average Bonchev–Trinajstić information content (AvgIpc) is 2.83. The van der Waals surface area contributed by atoms with Crippen LogP contribution >= 0.6 is 0 Å². The van der Waals surface area contributed by atoms with Gasteiger partial charge in [0, 0.05) is 0 Å². The van der Waals surface area contributed by atoms with Gasteiger partial charge in [-0.2, -0.15) is 0 Å². The summed E-state index contributed by atoms with van der Waals surface area (Å²) in [5.41, 5.74) is 0.800. The molecule has 0 aliphatic heterocycles. The van der Waals surface area contributed by atoms with Crippen LogP contribution in [0.1, 0.15) is 74.0 Å². The van der Waals surface area contributed by atoms with Crippen LogP contribution in [0.3, 0.4) is 0 Å². The molecule has 4 rings (SSSR count). The molecule has 0 amide bonds. The van der Waals surface area contributed by atoms with Crippen molar-refractivity contribution in [2.75, 3.05) is 0 Å². The lowest BCUT2D eigenvalue weighted by atomic mass is 9.68. The number of aryl methyl sites for hydroxylation is 2. The molecule has 0 radical (unpaired) electrons. The Bertz CT molecular complexity index is 959. The van der Waals surface area contributed by atoms with Gasteiger partial charge in [0.25, 0.3) is 0 Å². The van der Waals surface area contributed by atoms with Crippen LogP contribution in [0, 0.1) is 46.8 Å². The third-order valence-corrected chi connectivity index (χ3v) is 7.95. The third-order valence-electron chi connectivity index (χ3n) is 7.95. The van der Waals surface area contributed by atoms with E-state index in [1.165, 1.54) is 25.7 Å². The number of rotatable bonds is 6. The molecular formula is C28H31F5. The Morgan fingerprint density at radius 2 is 1.27 bits per heavy atom. The average molecular weight is 463 g/mol. The Hall–Kier alpha value is -2.17. The molecule has 0 aromatic heterocycles. The smallest absolute Gasteiger partial charge is 0.194 e. The molecule has 0 nitrogen and oxygen atoms in total. The molecule has 2 aliphatic rings. The van der Waals surface area contributed by atoms with Crippen LogP contribution in [-0.2, 0) is 12.8 Å². The van der Waals surface area contributed by atoms with E-state index in [0.29, 0.717) is 17.4 Å². The monoisotopic (exact) mass is 462 g/mol. The lowest BCUT2D eigenvalue weighted by Crippen LogP contribution is -2.25. The highest BCUT2D eigenvalue weighted by molar-refractivity contribution is 5.30. The summed E-state index contributed by atoms with van der Waals surface area (Å²) in [4.78, 5) is 0. The molecule has 0 spiro atoms. The standard InChI is InChI=1S/C28H31F5/c1-2-17-3-6-19(7-4-17)20-9-11-21(12-10-20)23-14-13-22(26(31)27(23)32)8-5-18-15-24(29)28(33)25(30)16-18/h2,13-17,19-21H,1,3-12H2. The molecule has 0 N–H and O–H groups in total. The van der Waals surface area contributed by atoms with Crippen molar-refractivity contribution < 1.29 is 22.0 Å². The Morgan fingerprint density at radius 3 is 1.85 bits per heavy atom. The summed E-state index contributed by atoms with van der Waals surface area (Å²) < 4.78 is 69.6. The van der Waals surface area contributed by atoms with Gasteiger partial charge in [0.05, 0.1) is 0 Å². The van der Waals surface area contributed by atoms with E-state index in [9.17, 15) is 22.0 Å². The van der Waals surface area contributed by atoms with Crippen LogP contribution in [-0.4, -0.2) is 0 Å². The molecule has 2 aliphatic carbocycles. The second-order valence-electron chi connectivity index (χ2n) is 9.84. The highest BCUT2D eigenvalue weighted by Gasteiger charge is 2.32. The molecule has 2 aromatic carbocycles. The summed E-state index contributed by atoms with van der Waals surface area (Å²) in [7, 11) is 0. The second-order valence-corrected chi connectivity index (χ2v) is 9.84. The summed E-state index contributed by atoms with van der Waals surface area (Å²) in [6.07, 6.45) is 11.0. The lowest BCUT2D eigenvalue weighted by Gasteiger charge is -2.37. The minimum absolute atomic E-state index is 0.0228. The van der Waals surface area contributed by atoms with E-state index in [0.717, 1.165) is 43.7 Å². The van der Waals surface area contributed by atoms with E-state index in [-0.39, 0.29) is 29.9 Å². The maximum Gasteiger partial charge on any atom is 0.194 e. The molecule has 0 heterocycles. The van der Waals surface area contributed by atoms with Crippen LogP contribution < -0.4 is 0 Å². The van der Waals surface area contributed by atoms with Crippen molar-refractivity contribution in [1.82, 2.24) is 0 Å². The Kier molecular flexibility index (Phi) is 7.55. The van der Waals surface area contributed by atoms with Crippen molar-refractivity contribution in [3.05, 3.63) is 82.7 Å². The predicted molar refractivity (Wildman–Crippen MR) is 120 cm³/mol. The van der Waals surface area contributed by atoms with Crippen LogP contribution in [0.15, 0.2) is 36.9 Å². The van der Waals surface area contributed by atoms with E-state index in [1.807, 2.05) is 0 Å². The van der Waals surface area contributed by atoms with Crippen LogP contribution in [0.4, 0.5) is 22.0 Å². The van der Waals surface area contributed by atoms with E-state index < -0.39 is 29.1 Å². The van der Waals surface area contributed by atoms with E-state index in [4.69, 9.17) is 0 Å². The zero-order valence-electron chi connectivity index (χ0n) is 18.9. The maximum absolute atomic E-state index is 14.9. The van der Waals surface area contributed by atoms with Gasteiger partial charge in [-0.05, 0) is 117 Å². The van der Waals surface area contributed by atoms with Crippen molar-refractivity contribution in [3.8, 4) is 0 Å². The summed E-state index contributed by atoms with van der Waals surface area (Å²) >= 11 is 0. The highest BCUT2D eigenvalue weighted by atomic mass is 19.2. The molecule has 0 atom stereocenters. The quantitative estimate of drug-likeness (QED) is 0.230. The first-order valence-electron chi connectivity index (χ1n) is 12.1. The van der Waals surface area contributed by atoms with Crippen molar-refractivity contribution in [3.63, 3.8) is 0 Å². The van der Waals surface area contributed by atoms with Gasteiger partial charge in [-0.25, -0.2) is 22.0 Å². The summed E-state index contributed by atoms with van der Waals surface area (Å²) in [6.45, 7) is 3.91. The Balaban J connectivity index is 1.36. The largest absolute Gasteiger partial charge is 0.204 e. The van der Waals surface area contributed by atoms with E-state index in [2.05, 4.69) is 12.7 Å². The highest BCUT2D eigenvalue weighted by Crippen LogP contribution is 2.44. The van der Waals surface area contributed by atoms with E-state index >= 15 is 0 Å². The second kappa shape index (κ2) is 10.4. The van der Waals surface area contributed by atoms with Crippen molar-refractivity contribution >= 4 is 0 Å². The molecule has 2 aromatic rings. The van der Waals surface area contributed by atoms with E-state index in [1.54, 1.807) is 12.1 Å². The van der Waals surface area contributed by atoms with Gasteiger partial charge < -0.3 is 0 Å². The number of benzene rings is 2. The predicted octanol–water partition coefficient (Wildman–Crippen LogP) is 8.43. The molecule has 33 heavy (non-hydrogen) atoms. The first kappa shape index (κ1) is 24.0. The summed E-state index contributed by atoms with van der Waals surface area (Å²) in [6, 6.07) is 5.03. The molecular weight excluding hydrogens is 431 g/mol. The fraction of sp³-hybridized carbons (Fsp3) is 0.500. The zero-order valence-corrected chi connectivity index (χ0v) is 18.9. The molecule has 0 unspecified atom stereocenters. The minimum atomic E-state index is -1.53. The molecule has 178 valence electrons. The number of allylic oxidation sites excluding steroid dienone is 1. The fourth-order valence-electron chi connectivity index (χ4n) is 5.90. The van der Waals surface area contributed by atoms with Gasteiger partial charge in [0.2, 0.25) is 0 Å². The first-order chi connectivity index (χ1) is 15.9. The van der Waals surface area contributed by atoms with Gasteiger partial charge >= 0.3 is 0 Å². The summed E-state index contributed by atoms with van der Waals surface area (Å²) in [5.74, 6) is -3.70. The summed E-state index contributed by atoms with van der Waals surface area (Å²) in [5, 5.41) is 0. The van der Waals surface area contributed by atoms with Gasteiger partial charge in [0.1, 0.15) is 0 Å². The van der Waals surface area contributed by atoms with Crippen molar-refractivity contribution in [1.29, 1.82) is 0 Å². The van der Waals surface area contributed by atoms with Gasteiger partial charge in [-0.1, -0.05) is 18.2 Å². The first-order valence-corrected chi connectivity index (χ1v) is 12.1.